The Kier molecular flexibility index (Phi) is 6.25. The number of piperidine rings is 1. The molecule has 1 N–H and O–H groups in total. The van der Waals surface area contributed by atoms with E-state index in [0.29, 0.717) is 49.0 Å². The maximum Gasteiger partial charge on any atom is 0.259 e. The second-order valence-electron chi connectivity index (χ2n) is 8.22. The fraction of sp³-hybridized carbons (Fsp3) is 0.240. The summed E-state index contributed by atoms with van der Waals surface area (Å²) in [4.78, 5) is 36.1. The van der Waals surface area contributed by atoms with Gasteiger partial charge < -0.3 is 19.5 Å². The average molecular weight is 472 g/mol. The molecule has 0 atom stereocenters. The molecule has 0 unspecified atom stereocenters. The number of likely N-dealkylation sites (tertiary alicyclic amines) is 1. The lowest BCUT2D eigenvalue weighted by Crippen LogP contribution is -2.41. The number of aromatic nitrogens is 5. The minimum atomic E-state index is -0.212. The van der Waals surface area contributed by atoms with Crippen LogP contribution in [-0.4, -0.2) is 61.2 Å². The summed E-state index contributed by atoms with van der Waals surface area (Å²) >= 11 is 0. The fourth-order valence-electron chi connectivity index (χ4n) is 4.24. The SMILES string of the molecule is COc1cc(NC(=O)C2CCN(C(=O)c3cnn(-c4ccccc4)c3-n3cccc3)CC2)ncn1. The Bertz CT molecular complexity index is 1310. The third-order valence-corrected chi connectivity index (χ3v) is 6.08. The van der Waals surface area contributed by atoms with Crippen LogP contribution in [0.3, 0.4) is 0 Å². The number of methoxy groups -OCH3 is 1. The molecule has 0 radical (unpaired) electrons. The monoisotopic (exact) mass is 471 g/mol. The predicted octanol–water partition coefficient (Wildman–Crippen LogP) is 2.95. The highest BCUT2D eigenvalue weighted by molar-refractivity contribution is 5.98. The van der Waals surface area contributed by atoms with Crippen LogP contribution in [0.2, 0.25) is 0 Å². The summed E-state index contributed by atoms with van der Waals surface area (Å²) in [7, 11) is 1.51. The average Bonchev–Trinajstić information content (AvgIpc) is 3.59. The molecule has 10 nitrogen and oxygen atoms in total. The number of ether oxygens (including phenoxy) is 1. The van der Waals surface area contributed by atoms with Gasteiger partial charge in [-0.1, -0.05) is 18.2 Å². The largest absolute Gasteiger partial charge is 0.481 e. The van der Waals surface area contributed by atoms with Crippen LogP contribution >= 0.6 is 0 Å². The third kappa shape index (κ3) is 4.63. The van der Waals surface area contributed by atoms with E-state index in [1.807, 2.05) is 59.4 Å². The third-order valence-electron chi connectivity index (χ3n) is 6.08. The molecule has 2 amide bonds. The van der Waals surface area contributed by atoms with Crippen LogP contribution in [0.5, 0.6) is 5.88 Å². The molecule has 0 aliphatic carbocycles. The number of amides is 2. The quantitative estimate of drug-likeness (QED) is 0.463. The first-order chi connectivity index (χ1) is 17.1. The maximum atomic E-state index is 13.5. The van der Waals surface area contributed by atoms with Crippen molar-refractivity contribution in [2.24, 2.45) is 5.92 Å². The van der Waals surface area contributed by atoms with Gasteiger partial charge >= 0.3 is 0 Å². The molecule has 0 spiro atoms. The zero-order valence-corrected chi connectivity index (χ0v) is 19.2. The zero-order chi connectivity index (χ0) is 24.2. The van der Waals surface area contributed by atoms with Crippen molar-refractivity contribution in [1.29, 1.82) is 0 Å². The summed E-state index contributed by atoms with van der Waals surface area (Å²) in [5.41, 5.74) is 1.38. The molecule has 10 heteroatoms. The molecule has 3 aromatic heterocycles. The first kappa shape index (κ1) is 22.3. The van der Waals surface area contributed by atoms with Gasteiger partial charge in [-0.05, 0) is 37.1 Å². The summed E-state index contributed by atoms with van der Waals surface area (Å²) in [6.07, 6.45) is 7.87. The van der Waals surface area contributed by atoms with Gasteiger partial charge in [0.1, 0.15) is 17.7 Å². The topological polar surface area (TPSA) is 107 Å². The molecule has 1 aromatic carbocycles. The Labute approximate surface area is 202 Å². The van der Waals surface area contributed by atoms with Crippen molar-refractivity contribution in [3.05, 3.63) is 79.0 Å². The molecule has 1 aliphatic rings. The van der Waals surface area contributed by atoms with Gasteiger partial charge in [-0.25, -0.2) is 14.6 Å². The summed E-state index contributed by atoms with van der Waals surface area (Å²) in [5.74, 6) is 1.02. The lowest BCUT2D eigenvalue weighted by Gasteiger charge is -2.31. The van der Waals surface area contributed by atoms with Gasteiger partial charge in [-0.2, -0.15) is 5.10 Å². The van der Waals surface area contributed by atoms with Gasteiger partial charge in [-0.15, -0.1) is 0 Å². The number of nitrogens with zero attached hydrogens (tertiary/aromatic N) is 6. The van der Waals surface area contributed by atoms with E-state index in [1.54, 1.807) is 21.8 Å². The molecule has 4 heterocycles. The molecule has 0 saturated carbocycles. The summed E-state index contributed by atoms with van der Waals surface area (Å²) in [6, 6.07) is 15.1. The Balaban J connectivity index is 1.30. The van der Waals surface area contributed by atoms with Gasteiger partial charge in [0.2, 0.25) is 11.8 Å². The molecule has 1 aliphatic heterocycles. The van der Waals surface area contributed by atoms with Gasteiger partial charge in [-0.3, -0.25) is 9.59 Å². The van der Waals surface area contributed by atoms with E-state index in [2.05, 4.69) is 20.4 Å². The molecular formula is C25H25N7O3. The first-order valence-electron chi connectivity index (χ1n) is 11.4. The minimum absolute atomic E-state index is 0.102. The van der Waals surface area contributed by atoms with Crippen LogP contribution in [0.15, 0.2) is 73.4 Å². The predicted molar refractivity (Wildman–Crippen MR) is 129 cm³/mol. The molecular weight excluding hydrogens is 446 g/mol. The highest BCUT2D eigenvalue weighted by Crippen LogP contribution is 2.25. The van der Waals surface area contributed by atoms with Gasteiger partial charge in [0.05, 0.1) is 19.0 Å². The maximum absolute atomic E-state index is 13.5. The van der Waals surface area contributed by atoms with Crippen LogP contribution in [0.1, 0.15) is 23.2 Å². The number of carbonyl (C=O) groups excluding carboxylic acids is 2. The zero-order valence-electron chi connectivity index (χ0n) is 19.2. The highest BCUT2D eigenvalue weighted by Gasteiger charge is 2.30. The second-order valence-corrected chi connectivity index (χ2v) is 8.22. The van der Waals surface area contributed by atoms with E-state index in [4.69, 9.17) is 4.74 Å². The highest BCUT2D eigenvalue weighted by atomic mass is 16.5. The van der Waals surface area contributed by atoms with Crippen molar-refractivity contribution >= 4 is 17.6 Å². The summed E-state index contributed by atoms with van der Waals surface area (Å²) in [6.45, 7) is 0.956. The smallest absolute Gasteiger partial charge is 0.259 e. The Morgan fingerprint density at radius 1 is 1.03 bits per heavy atom. The van der Waals surface area contributed by atoms with E-state index in [9.17, 15) is 9.59 Å². The lowest BCUT2D eigenvalue weighted by molar-refractivity contribution is -0.121. The van der Waals surface area contributed by atoms with Crippen LogP contribution in [0.4, 0.5) is 5.82 Å². The molecule has 1 saturated heterocycles. The number of anilines is 1. The molecule has 4 aromatic rings. The number of carbonyl (C=O) groups is 2. The number of benzene rings is 1. The fourth-order valence-corrected chi connectivity index (χ4v) is 4.24. The standard InChI is InChI=1S/C25H25N7O3/c1-35-22-15-21(26-17-27-22)29-23(33)18-9-13-31(14-10-18)25(34)20-16-28-32(19-7-3-2-4-8-19)24(20)30-11-5-6-12-30/h2-8,11-12,15-18H,9-10,13-14H2,1H3,(H,26,27,29,33). The normalized spacial score (nSPS) is 14.0. The van der Waals surface area contributed by atoms with Gasteiger partial charge in [0.25, 0.3) is 5.91 Å². The summed E-state index contributed by atoms with van der Waals surface area (Å²) in [5, 5.41) is 7.35. The van der Waals surface area contributed by atoms with Gasteiger partial charge in [0, 0.05) is 37.5 Å². The van der Waals surface area contributed by atoms with Crippen molar-refractivity contribution in [1.82, 2.24) is 29.2 Å². The van der Waals surface area contributed by atoms with Gasteiger partial charge in [0.15, 0.2) is 5.82 Å². The van der Waals surface area contributed by atoms with Crippen LogP contribution in [0.25, 0.3) is 11.5 Å². The van der Waals surface area contributed by atoms with E-state index in [0.717, 1.165) is 5.69 Å². The number of hydrogen-bond acceptors (Lipinski definition) is 6. The van der Waals surface area contributed by atoms with E-state index in [1.165, 1.54) is 13.4 Å². The van der Waals surface area contributed by atoms with Crippen LogP contribution in [0, 0.1) is 5.92 Å². The lowest BCUT2D eigenvalue weighted by atomic mass is 9.95. The van der Waals surface area contributed by atoms with E-state index >= 15 is 0 Å². The molecule has 5 rings (SSSR count). The van der Waals surface area contributed by atoms with Crippen molar-refractivity contribution in [2.45, 2.75) is 12.8 Å². The van der Waals surface area contributed by atoms with Crippen molar-refractivity contribution in [2.75, 3.05) is 25.5 Å². The first-order valence-corrected chi connectivity index (χ1v) is 11.4. The molecule has 178 valence electrons. The number of hydrogen-bond donors (Lipinski definition) is 1. The van der Waals surface area contributed by atoms with E-state index < -0.39 is 0 Å². The minimum Gasteiger partial charge on any atom is -0.481 e. The molecule has 35 heavy (non-hydrogen) atoms. The number of nitrogens with one attached hydrogen (secondary N) is 1. The Morgan fingerprint density at radius 3 is 2.49 bits per heavy atom. The number of rotatable bonds is 6. The Hall–Kier alpha value is -4.47. The van der Waals surface area contributed by atoms with Crippen molar-refractivity contribution in [3.8, 4) is 17.4 Å². The second kappa shape index (κ2) is 9.80. The number of para-hydroxylation sites is 1. The van der Waals surface area contributed by atoms with Crippen LogP contribution in [-0.2, 0) is 4.79 Å². The van der Waals surface area contributed by atoms with Crippen molar-refractivity contribution < 1.29 is 14.3 Å². The van der Waals surface area contributed by atoms with Crippen LogP contribution < -0.4 is 10.1 Å². The molecule has 0 bridgehead atoms. The Morgan fingerprint density at radius 2 is 1.77 bits per heavy atom. The molecule has 1 fully saturated rings. The van der Waals surface area contributed by atoms with Crippen molar-refractivity contribution in [3.63, 3.8) is 0 Å². The van der Waals surface area contributed by atoms with E-state index in [-0.39, 0.29) is 17.7 Å². The summed E-state index contributed by atoms with van der Waals surface area (Å²) < 4.78 is 8.74.